The average Bonchev–Trinajstić information content (AvgIpc) is 2.46. The van der Waals surface area contributed by atoms with Crippen LogP contribution in [0.15, 0.2) is 29.3 Å². The van der Waals surface area contributed by atoms with E-state index < -0.39 is 0 Å². The Balaban J connectivity index is 0.00000529. The van der Waals surface area contributed by atoms with Crippen LogP contribution in [-0.4, -0.2) is 42.9 Å². The molecule has 0 aliphatic carbocycles. The molecule has 0 aliphatic rings. The number of hydrogen-bond acceptors (Lipinski definition) is 2. The van der Waals surface area contributed by atoms with Crippen molar-refractivity contribution in [1.29, 1.82) is 0 Å². The molecule has 0 bridgehead atoms. The number of hydrogen-bond donors (Lipinski definition) is 2. The maximum Gasteiger partial charge on any atom is 0.239 e. The standard InChI is InChI=1S/C18H30N4O.HI/c1-7-14-8-10-15(11-9-14)13-22(6)17(19-5)20-12-16(23)21-18(2,3)4;/h8-11H,7,12-13H2,1-6H3,(H,19,20)(H,21,23);1H. The maximum absolute atomic E-state index is 11.9. The number of carbonyl (C=O) groups excluding carboxylic acids is 1. The summed E-state index contributed by atoms with van der Waals surface area (Å²) >= 11 is 0. The molecule has 2 N–H and O–H groups in total. The Hall–Kier alpha value is -1.31. The topological polar surface area (TPSA) is 56.7 Å². The third kappa shape index (κ3) is 8.52. The molecule has 0 spiro atoms. The number of carbonyl (C=O) groups is 1. The fourth-order valence-corrected chi connectivity index (χ4v) is 2.24. The number of halogens is 1. The number of nitrogens with zero attached hydrogens (tertiary/aromatic N) is 2. The number of guanidine groups is 1. The molecule has 1 amide bonds. The lowest BCUT2D eigenvalue weighted by atomic mass is 10.1. The van der Waals surface area contributed by atoms with Crippen molar-refractivity contribution >= 4 is 35.8 Å². The van der Waals surface area contributed by atoms with Crippen molar-refractivity contribution in [3.05, 3.63) is 35.4 Å². The van der Waals surface area contributed by atoms with E-state index in [9.17, 15) is 4.79 Å². The van der Waals surface area contributed by atoms with Crippen LogP contribution in [0.4, 0.5) is 0 Å². The van der Waals surface area contributed by atoms with E-state index in [0.717, 1.165) is 13.0 Å². The van der Waals surface area contributed by atoms with Gasteiger partial charge in [0.05, 0.1) is 6.54 Å². The minimum absolute atomic E-state index is 0. The third-order valence-corrected chi connectivity index (χ3v) is 3.35. The second-order valence-corrected chi connectivity index (χ2v) is 6.73. The van der Waals surface area contributed by atoms with Crippen LogP contribution >= 0.6 is 24.0 Å². The fourth-order valence-electron chi connectivity index (χ4n) is 2.24. The van der Waals surface area contributed by atoms with Gasteiger partial charge in [-0.3, -0.25) is 9.79 Å². The van der Waals surface area contributed by atoms with Crippen molar-refractivity contribution in [3.8, 4) is 0 Å². The Labute approximate surface area is 163 Å². The molecule has 1 rings (SSSR count). The van der Waals surface area contributed by atoms with Crippen molar-refractivity contribution in [2.75, 3.05) is 20.6 Å². The lowest BCUT2D eigenvalue weighted by molar-refractivity contribution is -0.121. The molecule has 5 nitrogen and oxygen atoms in total. The van der Waals surface area contributed by atoms with Gasteiger partial charge in [0.25, 0.3) is 0 Å². The zero-order valence-corrected chi connectivity index (χ0v) is 18.0. The van der Waals surface area contributed by atoms with Crippen LogP contribution in [-0.2, 0) is 17.8 Å². The molecule has 1 aromatic rings. The normalized spacial score (nSPS) is 11.5. The van der Waals surface area contributed by atoms with Gasteiger partial charge >= 0.3 is 0 Å². The Bertz CT molecular complexity index is 535. The van der Waals surface area contributed by atoms with Crippen LogP contribution in [0.2, 0.25) is 0 Å². The quantitative estimate of drug-likeness (QED) is 0.416. The van der Waals surface area contributed by atoms with Crippen molar-refractivity contribution in [2.45, 2.75) is 46.2 Å². The third-order valence-electron chi connectivity index (χ3n) is 3.35. The zero-order valence-electron chi connectivity index (χ0n) is 15.6. The molecule has 6 heteroatoms. The van der Waals surface area contributed by atoms with E-state index in [0.29, 0.717) is 5.96 Å². The van der Waals surface area contributed by atoms with E-state index >= 15 is 0 Å². The molecule has 0 radical (unpaired) electrons. The van der Waals surface area contributed by atoms with Gasteiger partial charge in [0.2, 0.25) is 5.91 Å². The summed E-state index contributed by atoms with van der Waals surface area (Å²) in [5.74, 6) is 0.660. The van der Waals surface area contributed by atoms with Gasteiger partial charge in [0, 0.05) is 26.2 Å². The Kier molecular flexibility index (Phi) is 9.96. The van der Waals surface area contributed by atoms with Crippen LogP contribution in [0, 0.1) is 0 Å². The van der Waals surface area contributed by atoms with Crippen LogP contribution in [0.5, 0.6) is 0 Å². The molecule has 0 saturated heterocycles. The first-order valence-electron chi connectivity index (χ1n) is 8.05. The summed E-state index contributed by atoms with van der Waals surface area (Å²) in [6.45, 7) is 8.99. The van der Waals surface area contributed by atoms with Gasteiger partial charge in [0.15, 0.2) is 5.96 Å². The molecule has 0 heterocycles. The highest BCUT2D eigenvalue weighted by atomic mass is 127. The summed E-state index contributed by atoms with van der Waals surface area (Å²) in [4.78, 5) is 18.1. The molecular formula is C18H31IN4O. The van der Waals surface area contributed by atoms with Crippen molar-refractivity contribution < 1.29 is 4.79 Å². The Morgan fingerprint density at radius 2 is 1.71 bits per heavy atom. The van der Waals surface area contributed by atoms with Crippen LogP contribution in [0.25, 0.3) is 0 Å². The maximum atomic E-state index is 11.9. The summed E-state index contributed by atoms with van der Waals surface area (Å²) in [7, 11) is 3.69. The van der Waals surface area contributed by atoms with Gasteiger partial charge in [-0.2, -0.15) is 0 Å². The van der Waals surface area contributed by atoms with Crippen molar-refractivity contribution in [3.63, 3.8) is 0 Å². The highest BCUT2D eigenvalue weighted by Crippen LogP contribution is 2.07. The number of amides is 1. The number of benzene rings is 1. The van der Waals surface area contributed by atoms with E-state index in [2.05, 4.69) is 46.8 Å². The summed E-state index contributed by atoms with van der Waals surface area (Å²) in [5, 5.41) is 6.02. The van der Waals surface area contributed by atoms with E-state index in [-0.39, 0.29) is 42.0 Å². The van der Waals surface area contributed by atoms with E-state index in [1.165, 1.54) is 11.1 Å². The Morgan fingerprint density at radius 1 is 1.17 bits per heavy atom. The monoisotopic (exact) mass is 446 g/mol. The first kappa shape index (κ1) is 22.7. The second kappa shape index (κ2) is 10.5. The fraction of sp³-hybridized carbons (Fsp3) is 0.556. The predicted molar refractivity (Wildman–Crippen MR) is 112 cm³/mol. The zero-order chi connectivity index (χ0) is 17.5. The van der Waals surface area contributed by atoms with Gasteiger partial charge in [-0.25, -0.2) is 0 Å². The van der Waals surface area contributed by atoms with Crippen LogP contribution < -0.4 is 10.6 Å². The molecule has 0 fully saturated rings. The highest BCUT2D eigenvalue weighted by molar-refractivity contribution is 14.0. The first-order chi connectivity index (χ1) is 10.7. The molecule has 0 atom stereocenters. The van der Waals surface area contributed by atoms with Gasteiger partial charge in [0.1, 0.15) is 0 Å². The summed E-state index contributed by atoms with van der Waals surface area (Å²) < 4.78 is 0. The summed E-state index contributed by atoms with van der Waals surface area (Å²) in [6, 6.07) is 8.57. The molecule has 136 valence electrons. The number of aliphatic imine (C=N–C) groups is 1. The lowest BCUT2D eigenvalue weighted by Gasteiger charge is -2.24. The molecular weight excluding hydrogens is 415 g/mol. The molecule has 0 saturated carbocycles. The van der Waals surface area contributed by atoms with Gasteiger partial charge < -0.3 is 15.5 Å². The second-order valence-electron chi connectivity index (χ2n) is 6.73. The van der Waals surface area contributed by atoms with Gasteiger partial charge in [-0.05, 0) is 38.3 Å². The van der Waals surface area contributed by atoms with E-state index in [4.69, 9.17) is 0 Å². The molecule has 0 unspecified atom stereocenters. The number of aryl methyl sites for hydroxylation is 1. The average molecular weight is 446 g/mol. The molecule has 0 aliphatic heterocycles. The van der Waals surface area contributed by atoms with E-state index in [1.807, 2.05) is 32.7 Å². The molecule has 1 aromatic carbocycles. The highest BCUT2D eigenvalue weighted by Gasteiger charge is 2.14. The van der Waals surface area contributed by atoms with Crippen molar-refractivity contribution in [1.82, 2.24) is 15.5 Å². The minimum Gasteiger partial charge on any atom is -0.350 e. The summed E-state index contributed by atoms with van der Waals surface area (Å²) in [5.41, 5.74) is 2.32. The minimum atomic E-state index is -0.227. The van der Waals surface area contributed by atoms with Crippen LogP contribution in [0.3, 0.4) is 0 Å². The lowest BCUT2D eigenvalue weighted by Crippen LogP contribution is -2.48. The Morgan fingerprint density at radius 3 is 2.17 bits per heavy atom. The molecule has 0 aromatic heterocycles. The van der Waals surface area contributed by atoms with E-state index in [1.54, 1.807) is 7.05 Å². The first-order valence-corrected chi connectivity index (χ1v) is 8.05. The van der Waals surface area contributed by atoms with Crippen molar-refractivity contribution in [2.24, 2.45) is 4.99 Å². The SMILES string of the molecule is CCc1ccc(CN(C)C(=NC)NCC(=O)NC(C)(C)C)cc1.I. The van der Waals surface area contributed by atoms with Gasteiger partial charge in [-0.15, -0.1) is 24.0 Å². The smallest absolute Gasteiger partial charge is 0.239 e. The number of rotatable bonds is 5. The molecule has 24 heavy (non-hydrogen) atoms. The number of nitrogens with one attached hydrogen (secondary N) is 2. The predicted octanol–water partition coefficient (Wildman–Crippen LogP) is 2.79. The largest absolute Gasteiger partial charge is 0.350 e. The van der Waals surface area contributed by atoms with Gasteiger partial charge in [-0.1, -0.05) is 31.2 Å². The summed E-state index contributed by atoms with van der Waals surface area (Å²) in [6.07, 6.45) is 1.04. The van der Waals surface area contributed by atoms with Crippen LogP contribution in [0.1, 0.15) is 38.8 Å².